The molecule has 0 N–H and O–H groups in total. The van der Waals surface area contributed by atoms with E-state index in [2.05, 4.69) is 69.1 Å². The Morgan fingerprint density at radius 2 is 0.941 bits per heavy atom. The molecule has 2 fully saturated rings. The normalized spacial score (nSPS) is 16.7. The minimum atomic E-state index is 0.797. The van der Waals surface area contributed by atoms with E-state index >= 15 is 0 Å². The molecule has 0 saturated carbocycles. The van der Waals surface area contributed by atoms with E-state index in [4.69, 9.17) is 19.4 Å². The van der Waals surface area contributed by atoms with E-state index in [0.717, 1.165) is 85.1 Å². The number of ether oxygens (including phenoxy) is 2. The first kappa shape index (κ1) is 21.7. The van der Waals surface area contributed by atoms with Crippen LogP contribution in [-0.4, -0.2) is 62.6 Å². The van der Waals surface area contributed by atoms with Crippen molar-refractivity contribution in [2.75, 3.05) is 62.4 Å². The van der Waals surface area contributed by atoms with E-state index in [1.54, 1.807) is 22.7 Å². The van der Waals surface area contributed by atoms with Crippen LogP contribution in [0.15, 0.2) is 59.3 Å². The van der Waals surface area contributed by atoms with Crippen molar-refractivity contribution in [2.45, 2.75) is 0 Å². The second-order valence-corrected chi connectivity index (χ2v) is 10.1. The van der Waals surface area contributed by atoms with Gasteiger partial charge in [0.2, 0.25) is 0 Å². The van der Waals surface area contributed by atoms with Crippen molar-refractivity contribution in [1.82, 2.24) is 9.97 Å². The largest absolute Gasteiger partial charge is 0.378 e. The quantitative estimate of drug-likeness (QED) is 0.380. The molecule has 6 nitrogen and oxygen atoms in total. The summed E-state index contributed by atoms with van der Waals surface area (Å²) in [7, 11) is 0. The van der Waals surface area contributed by atoms with E-state index in [1.807, 2.05) is 0 Å². The molecular formula is C26H26N4O2S2. The first-order chi connectivity index (χ1) is 16.8. The van der Waals surface area contributed by atoms with Gasteiger partial charge in [0, 0.05) is 59.4 Å². The highest BCUT2D eigenvalue weighted by atomic mass is 32.1. The summed E-state index contributed by atoms with van der Waals surface area (Å²) in [6.45, 7) is 6.97. The van der Waals surface area contributed by atoms with Crippen LogP contribution >= 0.6 is 22.7 Å². The standard InChI is InChI=1S/C26H26N4O2S2/c1-5-21(29-9-13-31-14-10-29)6-2-19(1)23-17-33-25(27-23)26-28-24(18-34-26)20-3-7-22(8-4-20)30-11-15-32-16-12-30/h1-8,17-18H,9-16H2. The van der Waals surface area contributed by atoms with Crippen molar-refractivity contribution in [3.05, 3.63) is 59.3 Å². The molecule has 0 atom stereocenters. The average Bonchev–Trinajstić information content (AvgIpc) is 3.61. The van der Waals surface area contributed by atoms with E-state index in [9.17, 15) is 0 Å². The predicted octanol–water partition coefficient (Wildman–Crippen LogP) is 5.27. The van der Waals surface area contributed by atoms with E-state index in [1.165, 1.54) is 11.4 Å². The molecule has 4 aromatic rings. The summed E-state index contributed by atoms with van der Waals surface area (Å²) in [5.41, 5.74) is 6.75. The van der Waals surface area contributed by atoms with Crippen molar-refractivity contribution < 1.29 is 9.47 Å². The van der Waals surface area contributed by atoms with Crippen LogP contribution in [0, 0.1) is 0 Å². The Bertz CT molecular complexity index is 1130. The molecule has 0 unspecified atom stereocenters. The summed E-state index contributed by atoms with van der Waals surface area (Å²) >= 11 is 3.30. The third kappa shape index (κ3) is 4.59. The molecule has 34 heavy (non-hydrogen) atoms. The van der Waals surface area contributed by atoms with Crippen LogP contribution in [-0.2, 0) is 9.47 Å². The van der Waals surface area contributed by atoms with Gasteiger partial charge in [-0.25, -0.2) is 9.97 Å². The van der Waals surface area contributed by atoms with E-state index in [-0.39, 0.29) is 0 Å². The molecule has 0 amide bonds. The highest BCUT2D eigenvalue weighted by Crippen LogP contribution is 2.34. The van der Waals surface area contributed by atoms with Gasteiger partial charge in [-0.1, -0.05) is 24.3 Å². The smallest absolute Gasteiger partial charge is 0.152 e. The van der Waals surface area contributed by atoms with Crippen molar-refractivity contribution >= 4 is 34.0 Å². The molecule has 2 aliphatic heterocycles. The fourth-order valence-corrected chi connectivity index (χ4v) is 6.05. The number of aromatic nitrogens is 2. The fraction of sp³-hybridized carbons (Fsp3) is 0.308. The molecule has 2 aliphatic rings. The molecule has 6 rings (SSSR count). The van der Waals surface area contributed by atoms with Gasteiger partial charge in [0.05, 0.1) is 37.8 Å². The van der Waals surface area contributed by atoms with Crippen molar-refractivity contribution in [3.63, 3.8) is 0 Å². The Hall–Kier alpha value is -2.78. The zero-order chi connectivity index (χ0) is 22.7. The molecule has 2 aromatic heterocycles. The number of hydrogen-bond donors (Lipinski definition) is 0. The summed E-state index contributed by atoms with van der Waals surface area (Å²) < 4.78 is 10.9. The topological polar surface area (TPSA) is 50.7 Å². The van der Waals surface area contributed by atoms with Crippen molar-refractivity contribution in [1.29, 1.82) is 0 Å². The van der Waals surface area contributed by atoms with Gasteiger partial charge in [-0.15, -0.1) is 22.7 Å². The van der Waals surface area contributed by atoms with Crippen LogP contribution in [0.4, 0.5) is 11.4 Å². The maximum absolute atomic E-state index is 5.46. The molecule has 2 aromatic carbocycles. The second-order valence-electron chi connectivity index (χ2n) is 8.37. The minimum absolute atomic E-state index is 0.797. The lowest BCUT2D eigenvalue weighted by molar-refractivity contribution is 0.122. The van der Waals surface area contributed by atoms with Gasteiger partial charge in [0.1, 0.15) is 0 Å². The van der Waals surface area contributed by atoms with Gasteiger partial charge >= 0.3 is 0 Å². The Morgan fingerprint density at radius 1 is 0.559 bits per heavy atom. The predicted molar refractivity (Wildman–Crippen MR) is 140 cm³/mol. The van der Waals surface area contributed by atoms with Gasteiger partial charge in [-0.3, -0.25) is 0 Å². The summed E-state index contributed by atoms with van der Waals surface area (Å²) in [5.74, 6) is 0. The lowest BCUT2D eigenvalue weighted by Gasteiger charge is -2.28. The molecule has 0 bridgehead atoms. The summed E-state index contributed by atoms with van der Waals surface area (Å²) in [6.07, 6.45) is 0. The fourth-order valence-electron chi connectivity index (χ4n) is 4.34. The van der Waals surface area contributed by atoms with Crippen LogP contribution in [0.25, 0.3) is 32.5 Å². The molecule has 0 aliphatic carbocycles. The number of hydrogen-bond acceptors (Lipinski definition) is 8. The third-order valence-corrected chi connectivity index (χ3v) is 8.10. The zero-order valence-electron chi connectivity index (χ0n) is 18.9. The van der Waals surface area contributed by atoms with Crippen LogP contribution in [0.5, 0.6) is 0 Å². The molecule has 8 heteroatoms. The number of morpholine rings is 2. The van der Waals surface area contributed by atoms with Gasteiger partial charge in [0.15, 0.2) is 10.0 Å². The Labute approximate surface area is 207 Å². The number of rotatable bonds is 5. The second kappa shape index (κ2) is 9.84. The van der Waals surface area contributed by atoms with E-state index < -0.39 is 0 Å². The number of thiazole rings is 2. The summed E-state index contributed by atoms with van der Waals surface area (Å²) in [4.78, 5) is 14.5. The summed E-state index contributed by atoms with van der Waals surface area (Å²) in [6, 6.07) is 17.4. The number of benzene rings is 2. The SMILES string of the molecule is c1cc(N2CCOCC2)ccc1-c1csc(-c2nc(-c3ccc(N4CCOCC4)cc3)cs2)n1. The first-order valence-electron chi connectivity index (χ1n) is 11.6. The van der Waals surface area contributed by atoms with Crippen LogP contribution < -0.4 is 9.80 Å². The van der Waals surface area contributed by atoms with Gasteiger partial charge in [-0.05, 0) is 24.3 Å². The van der Waals surface area contributed by atoms with Gasteiger partial charge in [0.25, 0.3) is 0 Å². The molecule has 2 saturated heterocycles. The average molecular weight is 491 g/mol. The lowest BCUT2D eigenvalue weighted by atomic mass is 10.1. The number of anilines is 2. The first-order valence-corrected chi connectivity index (χ1v) is 13.4. The van der Waals surface area contributed by atoms with Crippen LogP contribution in [0.2, 0.25) is 0 Å². The third-order valence-electron chi connectivity index (χ3n) is 6.27. The van der Waals surface area contributed by atoms with Crippen molar-refractivity contribution in [2.24, 2.45) is 0 Å². The molecule has 0 radical (unpaired) electrons. The monoisotopic (exact) mass is 490 g/mol. The van der Waals surface area contributed by atoms with Crippen LogP contribution in [0.3, 0.4) is 0 Å². The Kier molecular flexibility index (Phi) is 6.29. The van der Waals surface area contributed by atoms with Gasteiger partial charge < -0.3 is 19.3 Å². The Balaban J connectivity index is 1.16. The maximum atomic E-state index is 5.46. The summed E-state index contributed by atoms with van der Waals surface area (Å²) in [5, 5.41) is 6.18. The molecule has 0 spiro atoms. The zero-order valence-corrected chi connectivity index (χ0v) is 20.5. The highest BCUT2D eigenvalue weighted by molar-refractivity contribution is 7.20. The Morgan fingerprint density at radius 3 is 1.32 bits per heavy atom. The highest BCUT2D eigenvalue weighted by Gasteiger charge is 2.15. The number of nitrogens with zero attached hydrogens (tertiary/aromatic N) is 4. The lowest BCUT2D eigenvalue weighted by Crippen LogP contribution is -2.36. The molecular weight excluding hydrogens is 464 g/mol. The van der Waals surface area contributed by atoms with Gasteiger partial charge in [-0.2, -0.15) is 0 Å². The maximum Gasteiger partial charge on any atom is 0.152 e. The van der Waals surface area contributed by atoms with Crippen molar-refractivity contribution in [3.8, 4) is 32.5 Å². The molecule has 4 heterocycles. The van der Waals surface area contributed by atoms with E-state index in [0.29, 0.717) is 0 Å². The molecule has 174 valence electrons. The minimum Gasteiger partial charge on any atom is -0.378 e. The van der Waals surface area contributed by atoms with Crippen LogP contribution in [0.1, 0.15) is 0 Å².